The second-order valence-corrected chi connectivity index (χ2v) is 5.81. The number of hydrogen-bond acceptors (Lipinski definition) is 1. The zero-order valence-electron chi connectivity index (χ0n) is 12.2. The molecule has 106 valence electrons. The van der Waals surface area contributed by atoms with Gasteiger partial charge in [-0.1, -0.05) is 60.1 Å². The van der Waals surface area contributed by atoms with E-state index in [-0.39, 0.29) is 6.04 Å². The van der Waals surface area contributed by atoms with E-state index >= 15 is 0 Å². The number of nitrogens with one attached hydrogen (secondary N) is 1. The van der Waals surface area contributed by atoms with Crippen LogP contribution >= 0.6 is 11.6 Å². The third-order valence-electron chi connectivity index (χ3n) is 3.84. The lowest BCUT2D eigenvalue weighted by Gasteiger charge is -2.18. The highest BCUT2D eigenvalue weighted by Crippen LogP contribution is 2.28. The number of benzene rings is 3. The fraction of sp³-hybridized carbons (Fsp3) is 0.158. The highest BCUT2D eigenvalue weighted by molar-refractivity contribution is 6.31. The third kappa shape index (κ3) is 2.88. The van der Waals surface area contributed by atoms with Crippen LogP contribution in [-0.4, -0.2) is 0 Å². The van der Waals surface area contributed by atoms with Gasteiger partial charge >= 0.3 is 0 Å². The molecule has 1 N–H and O–H groups in total. The van der Waals surface area contributed by atoms with Crippen molar-refractivity contribution in [2.24, 2.45) is 0 Å². The molecule has 0 amide bonds. The number of halogens is 1. The average Bonchev–Trinajstić information content (AvgIpc) is 2.50. The van der Waals surface area contributed by atoms with Crippen molar-refractivity contribution >= 4 is 28.1 Å². The summed E-state index contributed by atoms with van der Waals surface area (Å²) in [5, 5.41) is 6.89. The van der Waals surface area contributed by atoms with Gasteiger partial charge in [-0.15, -0.1) is 0 Å². The predicted molar refractivity (Wildman–Crippen MR) is 92.2 cm³/mol. The second-order valence-electron chi connectivity index (χ2n) is 5.40. The van der Waals surface area contributed by atoms with Gasteiger partial charge in [0.25, 0.3) is 0 Å². The first-order valence-electron chi connectivity index (χ1n) is 7.15. The van der Waals surface area contributed by atoms with Gasteiger partial charge in [0.1, 0.15) is 0 Å². The van der Waals surface area contributed by atoms with E-state index < -0.39 is 0 Å². The van der Waals surface area contributed by atoms with E-state index in [9.17, 15) is 0 Å². The molecule has 21 heavy (non-hydrogen) atoms. The molecule has 3 aromatic rings. The molecule has 0 saturated heterocycles. The van der Waals surface area contributed by atoms with Crippen LogP contribution in [0.2, 0.25) is 5.02 Å². The first kappa shape index (κ1) is 14.0. The monoisotopic (exact) mass is 295 g/mol. The van der Waals surface area contributed by atoms with Crippen LogP contribution in [0.15, 0.2) is 60.7 Å². The summed E-state index contributed by atoms with van der Waals surface area (Å²) in [7, 11) is 0. The Morgan fingerprint density at radius 2 is 1.71 bits per heavy atom. The van der Waals surface area contributed by atoms with E-state index in [1.807, 2.05) is 19.1 Å². The Hall–Kier alpha value is -1.99. The molecule has 3 rings (SSSR count). The lowest BCUT2D eigenvalue weighted by atomic mass is 9.99. The molecule has 0 aromatic heterocycles. The Kier molecular flexibility index (Phi) is 3.85. The molecule has 0 saturated carbocycles. The minimum absolute atomic E-state index is 0.217. The molecule has 0 aliphatic rings. The minimum atomic E-state index is 0.217. The fourth-order valence-corrected chi connectivity index (χ4v) is 2.82. The lowest BCUT2D eigenvalue weighted by Crippen LogP contribution is -2.07. The molecule has 1 unspecified atom stereocenters. The van der Waals surface area contributed by atoms with Crippen molar-refractivity contribution in [1.82, 2.24) is 0 Å². The largest absolute Gasteiger partial charge is 0.378 e. The molecular weight excluding hydrogens is 278 g/mol. The van der Waals surface area contributed by atoms with Gasteiger partial charge in [-0.05, 0) is 47.9 Å². The van der Waals surface area contributed by atoms with Crippen LogP contribution in [0.1, 0.15) is 24.1 Å². The number of aryl methyl sites for hydroxylation is 1. The van der Waals surface area contributed by atoms with Crippen molar-refractivity contribution in [1.29, 1.82) is 0 Å². The second kappa shape index (κ2) is 5.79. The first-order chi connectivity index (χ1) is 10.1. The fourth-order valence-electron chi connectivity index (χ4n) is 2.64. The summed E-state index contributed by atoms with van der Waals surface area (Å²) < 4.78 is 0. The normalized spacial score (nSPS) is 12.3. The van der Waals surface area contributed by atoms with Crippen LogP contribution in [0.4, 0.5) is 5.69 Å². The summed E-state index contributed by atoms with van der Waals surface area (Å²) in [4.78, 5) is 0. The number of anilines is 1. The van der Waals surface area contributed by atoms with Crippen molar-refractivity contribution < 1.29 is 0 Å². The lowest BCUT2D eigenvalue weighted by molar-refractivity contribution is 0.894. The first-order valence-corrected chi connectivity index (χ1v) is 7.53. The minimum Gasteiger partial charge on any atom is -0.378 e. The molecule has 0 aliphatic heterocycles. The van der Waals surface area contributed by atoms with Crippen LogP contribution in [0, 0.1) is 6.92 Å². The van der Waals surface area contributed by atoms with E-state index in [1.165, 1.54) is 16.3 Å². The van der Waals surface area contributed by atoms with Crippen LogP contribution in [0.3, 0.4) is 0 Å². The molecule has 3 aromatic carbocycles. The molecule has 0 bridgehead atoms. The molecule has 0 spiro atoms. The van der Waals surface area contributed by atoms with Crippen molar-refractivity contribution in [3.05, 3.63) is 76.8 Å². The Labute approximate surface area is 130 Å². The summed E-state index contributed by atoms with van der Waals surface area (Å²) in [6, 6.07) is 21.2. The molecular formula is C19H18ClN. The van der Waals surface area contributed by atoms with E-state index in [0.717, 1.165) is 16.3 Å². The van der Waals surface area contributed by atoms with E-state index in [0.29, 0.717) is 0 Å². The topological polar surface area (TPSA) is 12.0 Å². The summed E-state index contributed by atoms with van der Waals surface area (Å²) in [5.41, 5.74) is 3.44. The summed E-state index contributed by atoms with van der Waals surface area (Å²) in [5.74, 6) is 0. The van der Waals surface area contributed by atoms with Gasteiger partial charge in [-0.3, -0.25) is 0 Å². The van der Waals surface area contributed by atoms with Gasteiger partial charge in [0.05, 0.1) is 0 Å². The Morgan fingerprint density at radius 1 is 0.952 bits per heavy atom. The maximum absolute atomic E-state index is 6.20. The zero-order valence-corrected chi connectivity index (χ0v) is 13.0. The Bertz CT molecular complexity index is 774. The van der Waals surface area contributed by atoms with Gasteiger partial charge < -0.3 is 5.32 Å². The standard InChI is InChI=1S/C19H18ClN/c1-13-10-11-16(12-19(13)20)21-14(2)17-9-5-7-15-6-3-4-8-18(15)17/h3-12,14,21H,1-2H3. The predicted octanol–water partition coefficient (Wildman–Crippen LogP) is 5.97. The molecule has 0 heterocycles. The van der Waals surface area contributed by atoms with Gasteiger partial charge in [-0.25, -0.2) is 0 Å². The SMILES string of the molecule is Cc1ccc(NC(C)c2cccc3ccccc23)cc1Cl. The van der Waals surface area contributed by atoms with Gasteiger partial charge in [-0.2, -0.15) is 0 Å². The van der Waals surface area contributed by atoms with Crippen LogP contribution in [0.25, 0.3) is 10.8 Å². The van der Waals surface area contributed by atoms with Crippen LogP contribution < -0.4 is 5.32 Å². The summed E-state index contributed by atoms with van der Waals surface area (Å²) in [6.45, 7) is 4.19. The average molecular weight is 296 g/mol. The number of rotatable bonds is 3. The Morgan fingerprint density at radius 3 is 2.52 bits per heavy atom. The quantitative estimate of drug-likeness (QED) is 0.627. The molecule has 1 nitrogen and oxygen atoms in total. The van der Waals surface area contributed by atoms with Crippen molar-refractivity contribution in [3.8, 4) is 0 Å². The van der Waals surface area contributed by atoms with Crippen molar-refractivity contribution in [2.45, 2.75) is 19.9 Å². The van der Waals surface area contributed by atoms with Crippen LogP contribution in [0.5, 0.6) is 0 Å². The van der Waals surface area contributed by atoms with E-state index in [1.54, 1.807) is 0 Å². The molecule has 2 heteroatoms. The molecule has 0 radical (unpaired) electrons. The van der Waals surface area contributed by atoms with Crippen molar-refractivity contribution in [3.63, 3.8) is 0 Å². The maximum Gasteiger partial charge on any atom is 0.0491 e. The van der Waals surface area contributed by atoms with Gasteiger partial charge in [0.15, 0.2) is 0 Å². The summed E-state index contributed by atoms with van der Waals surface area (Å²) in [6.07, 6.45) is 0. The molecule has 1 atom stereocenters. The van der Waals surface area contributed by atoms with Crippen LogP contribution in [-0.2, 0) is 0 Å². The highest BCUT2D eigenvalue weighted by Gasteiger charge is 2.09. The smallest absolute Gasteiger partial charge is 0.0491 e. The molecule has 0 aliphatic carbocycles. The maximum atomic E-state index is 6.20. The molecule has 0 fully saturated rings. The number of hydrogen-bond donors (Lipinski definition) is 1. The third-order valence-corrected chi connectivity index (χ3v) is 4.25. The van der Waals surface area contributed by atoms with Gasteiger partial charge in [0.2, 0.25) is 0 Å². The number of fused-ring (bicyclic) bond motifs is 1. The zero-order chi connectivity index (χ0) is 14.8. The van der Waals surface area contributed by atoms with E-state index in [2.05, 4.69) is 60.8 Å². The highest BCUT2D eigenvalue weighted by atomic mass is 35.5. The van der Waals surface area contributed by atoms with Gasteiger partial charge in [0, 0.05) is 16.8 Å². The Balaban J connectivity index is 1.93. The summed E-state index contributed by atoms with van der Waals surface area (Å²) >= 11 is 6.20. The van der Waals surface area contributed by atoms with Crippen molar-refractivity contribution in [2.75, 3.05) is 5.32 Å². The van der Waals surface area contributed by atoms with E-state index in [4.69, 9.17) is 11.6 Å².